The Morgan fingerprint density at radius 1 is 0.759 bits per heavy atom. The van der Waals surface area contributed by atoms with E-state index >= 15 is 0 Å². The minimum absolute atomic E-state index is 0.886. The van der Waals surface area contributed by atoms with Crippen molar-refractivity contribution in [3.8, 4) is 11.3 Å². The molecule has 0 spiro atoms. The van der Waals surface area contributed by atoms with Crippen molar-refractivity contribution in [3.05, 3.63) is 88.5 Å². The van der Waals surface area contributed by atoms with Crippen LogP contribution in [0.5, 0.6) is 0 Å². The molecule has 0 aliphatic carbocycles. The van der Waals surface area contributed by atoms with Gasteiger partial charge in [-0.2, -0.15) is 0 Å². The van der Waals surface area contributed by atoms with Gasteiger partial charge in [-0.15, -0.1) is 10.2 Å². The summed E-state index contributed by atoms with van der Waals surface area (Å²) in [5.74, 6) is 0.987. The second-order valence-electron chi connectivity index (χ2n) is 8.13. The highest BCUT2D eigenvalue weighted by molar-refractivity contribution is 6.01. The summed E-state index contributed by atoms with van der Waals surface area (Å²) >= 11 is 0. The lowest BCUT2D eigenvalue weighted by atomic mass is 9.94. The van der Waals surface area contributed by atoms with Gasteiger partial charge in [0.15, 0.2) is 5.82 Å². The van der Waals surface area contributed by atoms with Crippen LogP contribution in [0.15, 0.2) is 60.7 Å². The average molecular weight is 380 g/mol. The fraction of sp³-hybridized carbons (Fsp3) is 0.231. The second-order valence-corrected chi connectivity index (χ2v) is 8.13. The molecule has 0 N–H and O–H groups in total. The normalized spacial score (nSPS) is 13.6. The highest BCUT2D eigenvalue weighted by Crippen LogP contribution is 2.36. The van der Waals surface area contributed by atoms with E-state index in [0.717, 1.165) is 31.0 Å². The van der Waals surface area contributed by atoms with Crippen LogP contribution in [0.4, 0.5) is 5.82 Å². The summed E-state index contributed by atoms with van der Waals surface area (Å²) in [4.78, 5) is 2.37. The van der Waals surface area contributed by atoms with Crippen molar-refractivity contribution in [1.29, 1.82) is 0 Å². The SMILES string of the molecule is Cc1cc(C)c(-c2nnc(N3CCc4ccccc4C3)c3ccccc23)c(C)c1. The number of fused-ring (bicyclic) bond motifs is 2. The molecule has 144 valence electrons. The maximum Gasteiger partial charge on any atom is 0.159 e. The van der Waals surface area contributed by atoms with Crippen molar-refractivity contribution in [2.75, 3.05) is 11.4 Å². The molecule has 0 bridgehead atoms. The Hall–Kier alpha value is -3.20. The van der Waals surface area contributed by atoms with Crippen LogP contribution in [0.3, 0.4) is 0 Å². The molecule has 4 aromatic rings. The van der Waals surface area contributed by atoms with Gasteiger partial charge in [0.2, 0.25) is 0 Å². The molecule has 0 saturated heterocycles. The topological polar surface area (TPSA) is 29.0 Å². The first-order valence-electron chi connectivity index (χ1n) is 10.3. The van der Waals surface area contributed by atoms with E-state index in [2.05, 4.69) is 86.3 Å². The Kier molecular flexibility index (Phi) is 4.31. The molecule has 0 fully saturated rings. The monoisotopic (exact) mass is 379 g/mol. The molecule has 0 atom stereocenters. The fourth-order valence-electron chi connectivity index (χ4n) is 4.74. The Labute approximate surface area is 172 Å². The van der Waals surface area contributed by atoms with Gasteiger partial charge in [-0.05, 0) is 49.4 Å². The highest BCUT2D eigenvalue weighted by atomic mass is 15.3. The quantitative estimate of drug-likeness (QED) is 0.442. The number of anilines is 1. The van der Waals surface area contributed by atoms with E-state index in [1.807, 2.05) is 0 Å². The lowest BCUT2D eigenvalue weighted by Gasteiger charge is -2.30. The maximum atomic E-state index is 4.77. The van der Waals surface area contributed by atoms with E-state index in [4.69, 9.17) is 10.2 Å². The zero-order valence-corrected chi connectivity index (χ0v) is 17.2. The predicted octanol–water partition coefficient (Wildman–Crippen LogP) is 5.78. The molecule has 1 aliphatic heterocycles. The van der Waals surface area contributed by atoms with Crippen molar-refractivity contribution >= 4 is 16.6 Å². The fourth-order valence-corrected chi connectivity index (χ4v) is 4.74. The lowest BCUT2D eigenvalue weighted by molar-refractivity contribution is 0.717. The van der Waals surface area contributed by atoms with Gasteiger partial charge in [0.1, 0.15) is 5.69 Å². The molecular formula is C26H25N3. The third kappa shape index (κ3) is 3.07. The molecule has 1 aliphatic rings. The molecular weight excluding hydrogens is 354 g/mol. The van der Waals surface area contributed by atoms with E-state index in [0.29, 0.717) is 0 Å². The zero-order valence-electron chi connectivity index (χ0n) is 17.2. The molecule has 0 unspecified atom stereocenters. The number of aromatic nitrogens is 2. The van der Waals surface area contributed by atoms with Gasteiger partial charge in [0, 0.05) is 29.4 Å². The van der Waals surface area contributed by atoms with Crippen LogP contribution in [-0.2, 0) is 13.0 Å². The molecule has 2 heterocycles. The molecule has 29 heavy (non-hydrogen) atoms. The minimum atomic E-state index is 0.886. The number of aryl methyl sites for hydroxylation is 3. The number of benzene rings is 3. The van der Waals surface area contributed by atoms with E-state index < -0.39 is 0 Å². The average Bonchev–Trinajstić information content (AvgIpc) is 2.73. The molecule has 3 aromatic carbocycles. The minimum Gasteiger partial charge on any atom is -0.350 e. The largest absolute Gasteiger partial charge is 0.350 e. The van der Waals surface area contributed by atoms with Crippen LogP contribution in [0.1, 0.15) is 27.8 Å². The van der Waals surface area contributed by atoms with Gasteiger partial charge in [-0.25, -0.2) is 0 Å². The van der Waals surface area contributed by atoms with E-state index in [9.17, 15) is 0 Å². The predicted molar refractivity (Wildman–Crippen MR) is 120 cm³/mol. The first-order valence-corrected chi connectivity index (χ1v) is 10.3. The summed E-state index contributed by atoms with van der Waals surface area (Å²) < 4.78 is 0. The molecule has 0 saturated carbocycles. The third-order valence-corrected chi connectivity index (χ3v) is 6.01. The summed E-state index contributed by atoms with van der Waals surface area (Å²) in [6.07, 6.45) is 1.05. The lowest BCUT2D eigenvalue weighted by Crippen LogP contribution is -2.31. The van der Waals surface area contributed by atoms with Gasteiger partial charge in [-0.1, -0.05) is 66.2 Å². The van der Waals surface area contributed by atoms with Crippen molar-refractivity contribution in [2.45, 2.75) is 33.7 Å². The Balaban J connectivity index is 1.65. The van der Waals surface area contributed by atoms with Gasteiger partial charge >= 0.3 is 0 Å². The van der Waals surface area contributed by atoms with Crippen LogP contribution < -0.4 is 4.90 Å². The summed E-state index contributed by atoms with van der Waals surface area (Å²) in [5.41, 5.74) is 8.81. The molecule has 5 rings (SSSR count). The number of hydrogen-bond acceptors (Lipinski definition) is 3. The van der Waals surface area contributed by atoms with Gasteiger partial charge in [-0.3, -0.25) is 0 Å². The number of nitrogens with zero attached hydrogens (tertiary/aromatic N) is 3. The van der Waals surface area contributed by atoms with Crippen LogP contribution in [0.2, 0.25) is 0 Å². The first kappa shape index (κ1) is 17.9. The standard InChI is InChI=1S/C26H25N3/c1-17-14-18(2)24(19(3)15-17)25-22-10-6-7-11-23(22)26(28-27-25)29-13-12-20-8-4-5-9-21(20)16-29/h4-11,14-15H,12-13,16H2,1-3H3. The molecule has 0 radical (unpaired) electrons. The summed E-state index contributed by atoms with van der Waals surface area (Å²) in [6, 6.07) is 21.7. The summed E-state index contributed by atoms with van der Waals surface area (Å²) in [7, 11) is 0. The van der Waals surface area contributed by atoms with Crippen molar-refractivity contribution in [3.63, 3.8) is 0 Å². The highest BCUT2D eigenvalue weighted by Gasteiger charge is 2.21. The van der Waals surface area contributed by atoms with E-state index in [1.54, 1.807) is 0 Å². The van der Waals surface area contributed by atoms with Crippen molar-refractivity contribution < 1.29 is 0 Å². The Morgan fingerprint density at radius 2 is 1.41 bits per heavy atom. The first-order chi connectivity index (χ1) is 14.1. The van der Waals surface area contributed by atoms with Crippen molar-refractivity contribution in [2.24, 2.45) is 0 Å². The molecule has 3 nitrogen and oxygen atoms in total. The molecule has 3 heteroatoms. The maximum absolute atomic E-state index is 4.77. The van der Waals surface area contributed by atoms with E-state index in [1.165, 1.54) is 44.2 Å². The van der Waals surface area contributed by atoms with Gasteiger partial charge in [0.05, 0.1) is 0 Å². The zero-order chi connectivity index (χ0) is 20.0. The van der Waals surface area contributed by atoms with Crippen LogP contribution in [0, 0.1) is 20.8 Å². The van der Waals surface area contributed by atoms with Gasteiger partial charge < -0.3 is 4.90 Å². The number of rotatable bonds is 2. The summed E-state index contributed by atoms with van der Waals surface area (Å²) in [5, 5.41) is 11.9. The van der Waals surface area contributed by atoms with Crippen LogP contribution in [-0.4, -0.2) is 16.7 Å². The molecule has 1 aromatic heterocycles. The van der Waals surface area contributed by atoms with Crippen molar-refractivity contribution in [1.82, 2.24) is 10.2 Å². The van der Waals surface area contributed by atoms with Crippen LogP contribution in [0.25, 0.3) is 22.0 Å². The Bertz CT molecular complexity index is 1200. The van der Waals surface area contributed by atoms with Gasteiger partial charge in [0.25, 0.3) is 0 Å². The van der Waals surface area contributed by atoms with E-state index in [-0.39, 0.29) is 0 Å². The van der Waals surface area contributed by atoms with Crippen LogP contribution >= 0.6 is 0 Å². The summed E-state index contributed by atoms with van der Waals surface area (Å²) in [6.45, 7) is 8.34. The Morgan fingerprint density at radius 3 is 2.17 bits per heavy atom. The molecule has 0 amide bonds. The second kappa shape index (κ2) is 7.00. The smallest absolute Gasteiger partial charge is 0.159 e. The number of hydrogen-bond donors (Lipinski definition) is 0. The third-order valence-electron chi connectivity index (χ3n) is 6.01.